The fourth-order valence-electron chi connectivity index (χ4n) is 3.12. The highest BCUT2D eigenvalue weighted by Gasteiger charge is 2.26. The average molecular weight is 284 g/mol. The van der Waals surface area contributed by atoms with Crippen molar-refractivity contribution in [3.05, 3.63) is 53.6 Å². The molecule has 0 saturated carbocycles. The fourth-order valence-corrected chi connectivity index (χ4v) is 3.12. The lowest BCUT2D eigenvalue weighted by atomic mass is 9.96. The Hall–Kier alpha value is -2.20. The summed E-state index contributed by atoms with van der Waals surface area (Å²) in [5, 5.41) is 19.6. The Morgan fingerprint density at radius 3 is 2.71 bits per heavy atom. The standard InChI is InChI=1S/C17H20N2O2/c18-11-16(14-8-7-13(20)10-17(14)21)19-9-3-5-12-4-1-2-6-15(12)19/h1-2,4,6-8,10,16,20-21H,3,5,9,11,18H2. The first-order chi connectivity index (χ1) is 10.2. The van der Waals surface area contributed by atoms with Crippen LogP contribution >= 0.6 is 0 Å². The molecule has 0 bridgehead atoms. The van der Waals surface area contributed by atoms with Crippen LogP contribution in [0.2, 0.25) is 0 Å². The van der Waals surface area contributed by atoms with Gasteiger partial charge < -0.3 is 20.8 Å². The number of aromatic hydroxyl groups is 2. The van der Waals surface area contributed by atoms with E-state index in [1.807, 2.05) is 6.07 Å². The van der Waals surface area contributed by atoms with Gasteiger partial charge in [-0.3, -0.25) is 0 Å². The van der Waals surface area contributed by atoms with E-state index in [0.29, 0.717) is 6.54 Å². The predicted octanol–water partition coefficient (Wildman–Crippen LogP) is 2.55. The zero-order valence-corrected chi connectivity index (χ0v) is 11.9. The van der Waals surface area contributed by atoms with Crippen LogP contribution in [-0.2, 0) is 6.42 Å². The molecule has 1 unspecified atom stereocenters. The van der Waals surface area contributed by atoms with E-state index < -0.39 is 0 Å². The Labute approximate surface area is 124 Å². The molecule has 0 fully saturated rings. The molecule has 2 aromatic rings. The number of hydrogen-bond acceptors (Lipinski definition) is 4. The van der Waals surface area contributed by atoms with Gasteiger partial charge in [-0.25, -0.2) is 0 Å². The molecule has 2 aromatic carbocycles. The molecule has 0 spiro atoms. The van der Waals surface area contributed by atoms with Gasteiger partial charge in [-0.05, 0) is 36.6 Å². The molecule has 110 valence electrons. The first-order valence-electron chi connectivity index (χ1n) is 7.27. The minimum absolute atomic E-state index is 0.0612. The molecule has 1 aliphatic heterocycles. The molecule has 0 amide bonds. The van der Waals surface area contributed by atoms with Gasteiger partial charge in [0.15, 0.2) is 0 Å². The van der Waals surface area contributed by atoms with E-state index in [1.165, 1.54) is 17.3 Å². The Morgan fingerprint density at radius 1 is 1.14 bits per heavy atom. The second-order valence-electron chi connectivity index (χ2n) is 5.42. The molecule has 4 N–H and O–H groups in total. The van der Waals surface area contributed by atoms with Gasteiger partial charge in [0.05, 0.1) is 6.04 Å². The van der Waals surface area contributed by atoms with Gasteiger partial charge in [-0.2, -0.15) is 0 Å². The topological polar surface area (TPSA) is 69.7 Å². The summed E-state index contributed by atoms with van der Waals surface area (Å²) >= 11 is 0. The highest BCUT2D eigenvalue weighted by atomic mass is 16.3. The Kier molecular flexibility index (Phi) is 3.71. The number of nitrogens with zero attached hydrogens (tertiary/aromatic N) is 1. The van der Waals surface area contributed by atoms with E-state index in [4.69, 9.17) is 5.73 Å². The van der Waals surface area contributed by atoms with Gasteiger partial charge in [0.2, 0.25) is 0 Å². The highest BCUT2D eigenvalue weighted by molar-refractivity contribution is 5.58. The van der Waals surface area contributed by atoms with Gasteiger partial charge in [0.25, 0.3) is 0 Å². The van der Waals surface area contributed by atoms with Crippen LogP contribution in [0.5, 0.6) is 11.5 Å². The van der Waals surface area contributed by atoms with Crippen LogP contribution in [0.1, 0.15) is 23.6 Å². The maximum atomic E-state index is 10.1. The van der Waals surface area contributed by atoms with E-state index in [2.05, 4.69) is 23.1 Å². The number of fused-ring (bicyclic) bond motifs is 1. The molecule has 4 heteroatoms. The fraction of sp³-hybridized carbons (Fsp3) is 0.294. The number of benzene rings is 2. The summed E-state index contributed by atoms with van der Waals surface area (Å²) in [4.78, 5) is 2.25. The van der Waals surface area contributed by atoms with Crippen molar-refractivity contribution in [2.75, 3.05) is 18.0 Å². The van der Waals surface area contributed by atoms with E-state index in [-0.39, 0.29) is 17.5 Å². The zero-order valence-electron chi connectivity index (χ0n) is 11.9. The second-order valence-corrected chi connectivity index (χ2v) is 5.42. The molecule has 21 heavy (non-hydrogen) atoms. The van der Waals surface area contributed by atoms with E-state index in [1.54, 1.807) is 12.1 Å². The third kappa shape index (κ3) is 2.54. The molecule has 1 aliphatic rings. The third-order valence-electron chi connectivity index (χ3n) is 4.12. The maximum absolute atomic E-state index is 10.1. The van der Waals surface area contributed by atoms with Crippen molar-refractivity contribution in [1.82, 2.24) is 0 Å². The van der Waals surface area contributed by atoms with Crippen LogP contribution in [-0.4, -0.2) is 23.3 Å². The highest BCUT2D eigenvalue weighted by Crippen LogP contribution is 2.37. The monoisotopic (exact) mass is 284 g/mol. The number of rotatable bonds is 3. The van der Waals surface area contributed by atoms with Crippen molar-refractivity contribution in [1.29, 1.82) is 0 Å². The smallest absolute Gasteiger partial charge is 0.124 e. The summed E-state index contributed by atoms with van der Waals surface area (Å²) in [6, 6.07) is 13.0. The molecule has 1 atom stereocenters. The summed E-state index contributed by atoms with van der Waals surface area (Å²) in [6.07, 6.45) is 2.15. The number of phenols is 2. The van der Waals surface area contributed by atoms with Crippen molar-refractivity contribution in [3.63, 3.8) is 0 Å². The lowest BCUT2D eigenvalue weighted by Crippen LogP contribution is -2.37. The SMILES string of the molecule is NCC(c1ccc(O)cc1O)N1CCCc2ccccc21. The van der Waals surface area contributed by atoms with Gasteiger partial charge in [0.1, 0.15) is 11.5 Å². The van der Waals surface area contributed by atoms with E-state index in [0.717, 1.165) is 24.9 Å². The van der Waals surface area contributed by atoms with Crippen LogP contribution in [0.4, 0.5) is 5.69 Å². The Balaban J connectivity index is 2.01. The van der Waals surface area contributed by atoms with Crippen molar-refractivity contribution < 1.29 is 10.2 Å². The van der Waals surface area contributed by atoms with Gasteiger partial charge in [-0.15, -0.1) is 0 Å². The summed E-state index contributed by atoms with van der Waals surface area (Å²) in [5.41, 5.74) is 9.25. The largest absolute Gasteiger partial charge is 0.508 e. The number of hydrogen-bond donors (Lipinski definition) is 3. The lowest BCUT2D eigenvalue weighted by molar-refractivity contribution is 0.438. The predicted molar refractivity (Wildman–Crippen MR) is 83.7 cm³/mol. The second kappa shape index (κ2) is 5.66. The number of phenolic OH excluding ortho intramolecular Hbond substituents is 2. The van der Waals surface area contributed by atoms with Crippen molar-refractivity contribution in [2.24, 2.45) is 5.73 Å². The maximum Gasteiger partial charge on any atom is 0.124 e. The van der Waals surface area contributed by atoms with Crippen LogP contribution in [0.15, 0.2) is 42.5 Å². The number of nitrogens with two attached hydrogens (primary N) is 1. The van der Waals surface area contributed by atoms with Crippen LogP contribution < -0.4 is 10.6 Å². The van der Waals surface area contributed by atoms with Gasteiger partial charge in [0, 0.05) is 30.4 Å². The molecule has 0 aliphatic carbocycles. The molecular weight excluding hydrogens is 264 g/mol. The van der Waals surface area contributed by atoms with Crippen molar-refractivity contribution in [3.8, 4) is 11.5 Å². The van der Waals surface area contributed by atoms with Crippen LogP contribution in [0.25, 0.3) is 0 Å². The normalized spacial score (nSPS) is 15.6. The molecule has 0 radical (unpaired) electrons. The van der Waals surface area contributed by atoms with Crippen molar-refractivity contribution in [2.45, 2.75) is 18.9 Å². The van der Waals surface area contributed by atoms with E-state index in [9.17, 15) is 10.2 Å². The average Bonchev–Trinajstić information content (AvgIpc) is 2.50. The Bertz CT molecular complexity index is 642. The van der Waals surface area contributed by atoms with Crippen LogP contribution in [0, 0.1) is 0 Å². The van der Waals surface area contributed by atoms with E-state index >= 15 is 0 Å². The van der Waals surface area contributed by atoms with Gasteiger partial charge in [-0.1, -0.05) is 18.2 Å². The molecule has 0 aromatic heterocycles. The molecular formula is C17H20N2O2. The summed E-state index contributed by atoms with van der Waals surface area (Å²) in [7, 11) is 0. The lowest BCUT2D eigenvalue weighted by Gasteiger charge is -2.38. The molecule has 0 saturated heterocycles. The summed E-state index contributed by atoms with van der Waals surface area (Å²) in [5.74, 6) is 0.152. The summed E-state index contributed by atoms with van der Waals surface area (Å²) in [6.45, 7) is 1.33. The first kappa shape index (κ1) is 13.8. The number of para-hydroxylation sites is 1. The quantitative estimate of drug-likeness (QED) is 0.810. The number of anilines is 1. The van der Waals surface area contributed by atoms with Crippen molar-refractivity contribution >= 4 is 5.69 Å². The minimum atomic E-state index is -0.0907. The summed E-state index contributed by atoms with van der Waals surface area (Å²) < 4.78 is 0. The first-order valence-corrected chi connectivity index (χ1v) is 7.27. The molecule has 3 rings (SSSR count). The Morgan fingerprint density at radius 2 is 1.95 bits per heavy atom. The molecule has 1 heterocycles. The van der Waals surface area contributed by atoms with Gasteiger partial charge >= 0.3 is 0 Å². The zero-order chi connectivity index (χ0) is 14.8. The number of aryl methyl sites for hydroxylation is 1. The molecule has 4 nitrogen and oxygen atoms in total. The third-order valence-corrected chi connectivity index (χ3v) is 4.12. The van der Waals surface area contributed by atoms with Crippen LogP contribution in [0.3, 0.4) is 0 Å². The minimum Gasteiger partial charge on any atom is -0.508 e.